The summed E-state index contributed by atoms with van der Waals surface area (Å²) in [5.41, 5.74) is 0. The number of hydrogen-bond donors (Lipinski definition) is 2. The van der Waals surface area contributed by atoms with Crippen molar-refractivity contribution in [1.29, 1.82) is 0 Å². The van der Waals surface area contributed by atoms with Crippen molar-refractivity contribution < 1.29 is 19.4 Å². The quantitative estimate of drug-likeness (QED) is 0.657. The molecule has 0 aliphatic heterocycles. The Kier molecular flexibility index (Phi) is 7.54. The molecule has 1 amide bonds. The van der Waals surface area contributed by atoms with Crippen molar-refractivity contribution in [1.82, 2.24) is 5.32 Å². The first kappa shape index (κ1) is 14.9. The van der Waals surface area contributed by atoms with Crippen molar-refractivity contribution in [2.45, 2.75) is 52.2 Å². The van der Waals surface area contributed by atoms with Crippen LogP contribution in [0.4, 0.5) is 0 Å². The zero-order chi connectivity index (χ0) is 12.6. The lowest BCUT2D eigenvalue weighted by molar-refractivity contribution is -0.144. The first-order chi connectivity index (χ1) is 7.56. The summed E-state index contributed by atoms with van der Waals surface area (Å²) in [5.74, 6) is -1.34. The van der Waals surface area contributed by atoms with Crippen LogP contribution in [0.25, 0.3) is 0 Å². The highest BCUT2D eigenvalue weighted by Crippen LogP contribution is 2.02. The molecule has 2 N–H and O–H groups in total. The zero-order valence-electron chi connectivity index (χ0n) is 10.2. The van der Waals surface area contributed by atoms with E-state index in [4.69, 9.17) is 9.84 Å². The van der Waals surface area contributed by atoms with Gasteiger partial charge in [-0.05, 0) is 19.8 Å². The minimum atomic E-state index is -0.999. The van der Waals surface area contributed by atoms with E-state index in [1.807, 2.05) is 13.8 Å². The predicted molar refractivity (Wildman–Crippen MR) is 60.2 cm³/mol. The molecule has 2 atom stereocenters. The number of rotatable bonds is 8. The van der Waals surface area contributed by atoms with Crippen LogP contribution < -0.4 is 5.32 Å². The summed E-state index contributed by atoms with van der Waals surface area (Å²) in [6.07, 6.45) is 1.13. The average Bonchev–Trinajstić information content (AvgIpc) is 2.24. The second-order valence-corrected chi connectivity index (χ2v) is 3.54. The zero-order valence-corrected chi connectivity index (χ0v) is 10.2. The lowest BCUT2D eigenvalue weighted by atomic mass is 10.1. The second kappa shape index (κ2) is 8.10. The van der Waals surface area contributed by atoms with Crippen molar-refractivity contribution in [2.75, 3.05) is 6.61 Å². The molecule has 2 unspecified atom stereocenters. The number of amides is 1. The van der Waals surface area contributed by atoms with Crippen LogP contribution in [0.2, 0.25) is 0 Å². The Hall–Kier alpha value is -1.10. The molecule has 0 aliphatic carbocycles. The Bertz CT molecular complexity index is 230. The van der Waals surface area contributed by atoms with E-state index < -0.39 is 18.1 Å². The fourth-order valence-electron chi connectivity index (χ4n) is 1.39. The molecule has 0 aliphatic rings. The maximum atomic E-state index is 11.7. The Morgan fingerprint density at radius 1 is 1.31 bits per heavy atom. The Balaban J connectivity index is 4.31. The van der Waals surface area contributed by atoms with Crippen LogP contribution in [-0.2, 0) is 14.3 Å². The van der Waals surface area contributed by atoms with Crippen LogP contribution in [0.3, 0.4) is 0 Å². The highest BCUT2D eigenvalue weighted by atomic mass is 16.5. The third-order valence-electron chi connectivity index (χ3n) is 2.22. The molecule has 0 heterocycles. The molecule has 0 aromatic carbocycles. The topological polar surface area (TPSA) is 75.6 Å². The number of carbonyl (C=O) groups is 2. The maximum absolute atomic E-state index is 11.7. The molecule has 0 aromatic rings. The minimum absolute atomic E-state index is 0.342. The van der Waals surface area contributed by atoms with Crippen LogP contribution in [0.15, 0.2) is 0 Å². The summed E-state index contributed by atoms with van der Waals surface area (Å²) in [6, 6.07) is -0.813. The number of hydrogen-bond acceptors (Lipinski definition) is 3. The van der Waals surface area contributed by atoms with Gasteiger partial charge in [-0.25, -0.2) is 4.79 Å². The third kappa shape index (κ3) is 5.11. The summed E-state index contributed by atoms with van der Waals surface area (Å²) in [7, 11) is 0. The van der Waals surface area contributed by atoms with Crippen LogP contribution in [-0.4, -0.2) is 35.7 Å². The standard InChI is InChI=1S/C11H21NO4/c1-4-7-8(11(14)15)12-10(13)9(5-2)16-6-3/h8-9H,4-7H2,1-3H3,(H,12,13)(H,14,15). The molecular formula is C11H21NO4. The number of nitrogens with one attached hydrogen (secondary N) is 1. The minimum Gasteiger partial charge on any atom is -0.480 e. The van der Waals surface area contributed by atoms with E-state index in [2.05, 4.69) is 5.32 Å². The molecule has 0 bridgehead atoms. The molecule has 16 heavy (non-hydrogen) atoms. The van der Waals surface area contributed by atoms with E-state index in [1.165, 1.54) is 0 Å². The molecule has 0 saturated heterocycles. The highest BCUT2D eigenvalue weighted by Gasteiger charge is 2.23. The molecular weight excluding hydrogens is 210 g/mol. The Labute approximate surface area is 96.2 Å². The summed E-state index contributed by atoms with van der Waals surface area (Å²) < 4.78 is 5.21. The van der Waals surface area contributed by atoms with Crippen LogP contribution in [0.5, 0.6) is 0 Å². The van der Waals surface area contributed by atoms with Crippen molar-refractivity contribution in [3.8, 4) is 0 Å². The molecule has 0 rings (SSSR count). The van der Waals surface area contributed by atoms with Gasteiger partial charge in [0.15, 0.2) is 0 Å². The highest BCUT2D eigenvalue weighted by molar-refractivity contribution is 5.86. The van der Waals surface area contributed by atoms with Crippen LogP contribution in [0, 0.1) is 0 Å². The van der Waals surface area contributed by atoms with E-state index in [0.29, 0.717) is 25.9 Å². The molecule has 0 aromatic heterocycles. The molecule has 0 saturated carbocycles. The van der Waals surface area contributed by atoms with E-state index in [1.54, 1.807) is 6.92 Å². The van der Waals surface area contributed by atoms with Gasteiger partial charge < -0.3 is 15.2 Å². The SMILES string of the molecule is CCCC(NC(=O)C(CC)OCC)C(=O)O. The first-order valence-electron chi connectivity index (χ1n) is 5.71. The third-order valence-corrected chi connectivity index (χ3v) is 2.22. The molecule has 94 valence electrons. The van der Waals surface area contributed by atoms with Gasteiger partial charge in [-0.3, -0.25) is 4.79 Å². The number of carboxylic acids is 1. The monoisotopic (exact) mass is 231 g/mol. The van der Waals surface area contributed by atoms with Gasteiger partial charge in [0, 0.05) is 6.61 Å². The van der Waals surface area contributed by atoms with Gasteiger partial charge in [-0.2, -0.15) is 0 Å². The van der Waals surface area contributed by atoms with Crippen LogP contribution >= 0.6 is 0 Å². The fourth-order valence-corrected chi connectivity index (χ4v) is 1.39. The number of carboxylic acid groups (broad SMARTS) is 1. The van der Waals surface area contributed by atoms with Gasteiger partial charge in [0.25, 0.3) is 0 Å². The van der Waals surface area contributed by atoms with Crippen molar-refractivity contribution in [3.63, 3.8) is 0 Å². The normalized spacial score (nSPS) is 14.2. The molecule has 0 spiro atoms. The van der Waals surface area contributed by atoms with Gasteiger partial charge in [0.1, 0.15) is 12.1 Å². The van der Waals surface area contributed by atoms with Gasteiger partial charge in [0.05, 0.1) is 0 Å². The van der Waals surface area contributed by atoms with Gasteiger partial charge in [-0.1, -0.05) is 20.3 Å². The van der Waals surface area contributed by atoms with E-state index >= 15 is 0 Å². The summed E-state index contributed by atoms with van der Waals surface area (Å²) in [5, 5.41) is 11.4. The summed E-state index contributed by atoms with van der Waals surface area (Å²) in [6.45, 7) is 5.95. The molecule has 0 fully saturated rings. The van der Waals surface area contributed by atoms with Gasteiger partial charge in [0.2, 0.25) is 5.91 Å². The predicted octanol–water partition coefficient (Wildman–Crippen LogP) is 1.17. The maximum Gasteiger partial charge on any atom is 0.326 e. The summed E-state index contributed by atoms with van der Waals surface area (Å²) in [4.78, 5) is 22.5. The number of aliphatic carboxylic acids is 1. The Morgan fingerprint density at radius 3 is 2.31 bits per heavy atom. The smallest absolute Gasteiger partial charge is 0.326 e. The first-order valence-corrected chi connectivity index (χ1v) is 5.71. The molecule has 5 nitrogen and oxygen atoms in total. The fraction of sp³-hybridized carbons (Fsp3) is 0.818. The second-order valence-electron chi connectivity index (χ2n) is 3.54. The largest absolute Gasteiger partial charge is 0.480 e. The van der Waals surface area contributed by atoms with E-state index in [0.717, 1.165) is 0 Å². The number of ether oxygens (including phenoxy) is 1. The number of carbonyl (C=O) groups excluding carboxylic acids is 1. The van der Waals surface area contributed by atoms with E-state index in [9.17, 15) is 9.59 Å². The van der Waals surface area contributed by atoms with Gasteiger partial charge in [-0.15, -0.1) is 0 Å². The summed E-state index contributed by atoms with van der Waals surface area (Å²) >= 11 is 0. The lowest BCUT2D eigenvalue weighted by Crippen LogP contribution is -2.46. The van der Waals surface area contributed by atoms with Crippen LogP contribution in [0.1, 0.15) is 40.0 Å². The average molecular weight is 231 g/mol. The molecule has 0 radical (unpaired) electrons. The Morgan fingerprint density at radius 2 is 1.94 bits per heavy atom. The molecule has 5 heteroatoms. The van der Waals surface area contributed by atoms with Crippen molar-refractivity contribution in [2.24, 2.45) is 0 Å². The van der Waals surface area contributed by atoms with Crippen molar-refractivity contribution in [3.05, 3.63) is 0 Å². The lowest BCUT2D eigenvalue weighted by Gasteiger charge is -2.18. The van der Waals surface area contributed by atoms with Gasteiger partial charge >= 0.3 is 5.97 Å². The van der Waals surface area contributed by atoms with Crippen molar-refractivity contribution >= 4 is 11.9 Å². The van der Waals surface area contributed by atoms with E-state index in [-0.39, 0.29) is 5.91 Å².